The minimum atomic E-state index is -0.0733. The van der Waals surface area contributed by atoms with Crippen molar-refractivity contribution in [1.29, 1.82) is 0 Å². The Bertz CT molecular complexity index is 967. The van der Waals surface area contributed by atoms with E-state index in [0.29, 0.717) is 11.8 Å². The highest BCUT2D eigenvalue weighted by atomic mass is 35.5. The maximum atomic E-state index is 6.29. The molecule has 1 aromatic carbocycles. The van der Waals surface area contributed by atoms with Crippen molar-refractivity contribution in [2.24, 2.45) is 0 Å². The molecule has 3 rings (SSSR count). The molecule has 2 N–H and O–H groups in total. The van der Waals surface area contributed by atoms with E-state index >= 15 is 0 Å². The third-order valence-electron chi connectivity index (χ3n) is 4.51. The monoisotopic (exact) mass is 396 g/mol. The Hall–Kier alpha value is -2.73. The van der Waals surface area contributed by atoms with E-state index < -0.39 is 0 Å². The number of nitrogens with zero attached hydrogens (tertiary/aromatic N) is 5. The second kappa shape index (κ2) is 8.10. The van der Waals surface area contributed by atoms with Gasteiger partial charge in [0.1, 0.15) is 5.82 Å². The molecule has 0 saturated carbocycles. The molecule has 0 spiro atoms. The number of nitrogen functional groups attached to an aromatic ring is 1. The summed E-state index contributed by atoms with van der Waals surface area (Å²) in [5.41, 5.74) is 8.80. The molecule has 0 atom stereocenters. The summed E-state index contributed by atoms with van der Waals surface area (Å²) in [6.45, 7) is 6.37. The zero-order valence-corrected chi connectivity index (χ0v) is 17.4. The van der Waals surface area contributed by atoms with E-state index in [1.54, 1.807) is 12.4 Å². The molecule has 0 saturated heterocycles. The Morgan fingerprint density at radius 3 is 2.43 bits per heavy atom. The first-order valence-corrected chi connectivity index (χ1v) is 9.55. The topological polar surface area (TPSA) is 80.8 Å². The predicted octanol–water partition coefficient (Wildman–Crippen LogP) is 4.35. The third kappa shape index (κ3) is 4.57. The molecular weight excluding hydrogens is 372 g/mol. The van der Waals surface area contributed by atoms with Gasteiger partial charge in [-0.3, -0.25) is 4.90 Å². The van der Waals surface area contributed by atoms with Crippen molar-refractivity contribution in [2.45, 2.75) is 39.0 Å². The van der Waals surface area contributed by atoms with Gasteiger partial charge in [0.25, 0.3) is 0 Å². The van der Waals surface area contributed by atoms with Crippen LogP contribution in [0.2, 0.25) is 5.02 Å². The predicted molar refractivity (Wildman–Crippen MR) is 114 cm³/mol. The number of aryl methyl sites for hydroxylation is 2. The summed E-state index contributed by atoms with van der Waals surface area (Å²) in [7, 11) is 1.89. The van der Waals surface area contributed by atoms with E-state index in [0.717, 1.165) is 34.7 Å². The van der Waals surface area contributed by atoms with Gasteiger partial charge in [-0.05, 0) is 30.5 Å². The largest absolute Gasteiger partial charge is 0.368 e. The SMILES string of the molecule is CN(c1nccc(C(C)(C)C)n1)c1nc(N)ncc1CCc1ccccc1Cl. The van der Waals surface area contributed by atoms with Gasteiger partial charge < -0.3 is 5.73 Å². The van der Waals surface area contributed by atoms with Gasteiger partial charge in [0, 0.05) is 35.4 Å². The van der Waals surface area contributed by atoms with E-state index in [1.807, 2.05) is 42.3 Å². The summed E-state index contributed by atoms with van der Waals surface area (Å²) in [4.78, 5) is 19.6. The van der Waals surface area contributed by atoms with Crippen molar-refractivity contribution < 1.29 is 0 Å². The van der Waals surface area contributed by atoms with Gasteiger partial charge in [-0.15, -0.1) is 0 Å². The molecule has 28 heavy (non-hydrogen) atoms. The molecule has 6 nitrogen and oxygen atoms in total. The molecule has 0 unspecified atom stereocenters. The van der Waals surface area contributed by atoms with Crippen LogP contribution in [-0.4, -0.2) is 27.0 Å². The fraction of sp³-hybridized carbons (Fsp3) is 0.333. The molecule has 2 heterocycles. The molecule has 0 fully saturated rings. The van der Waals surface area contributed by atoms with Crippen LogP contribution in [0.25, 0.3) is 0 Å². The first-order valence-electron chi connectivity index (χ1n) is 9.18. The molecule has 3 aromatic rings. The quantitative estimate of drug-likeness (QED) is 0.690. The van der Waals surface area contributed by atoms with Crippen molar-refractivity contribution >= 4 is 29.3 Å². The summed E-state index contributed by atoms with van der Waals surface area (Å²) >= 11 is 6.29. The Morgan fingerprint density at radius 1 is 1.00 bits per heavy atom. The van der Waals surface area contributed by atoms with Crippen molar-refractivity contribution in [3.8, 4) is 0 Å². The van der Waals surface area contributed by atoms with E-state index in [2.05, 4.69) is 35.7 Å². The summed E-state index contributed by atoms with van der Waals surface area (Å²) in [6, 6.07) is 9.77. The van der Waals surface area contributed by atoms with E-state index in [-0.39, 0.29) is 11.4 Å². The molecule has 0 radical (unpaired) electrons. The zero-order valence-electron chi connectivity index (χ0n) is 16.6. The Morgan fingerprint density at radius 2 is 1.71 bits per heavy atom. The van der Waals surface area contributed by atoms with Crippen molar-refractivity contribution in [3.05, 3.63) is 64.6 Å². The maximum Gasteiger partial charge on any atom is 0.231 e. The molecule has 0 aliphatic rings. The van der Waals surface area contributed by atoms with Crippen LogP contribution in [0.5, 0.6) is 0 Å². The van der Waals surface area contributed by atoms with Gasteiger partial charge in [-0.2, -0.15) is 4.98 Å². The number of aromatic nitrogens is 4. The van der Waals surface area contributed by atoms with E-state index in [9.17, 15) is 0 Å². The maximum absolute atomic E-state index is 6.29. The van der Waals surface area contributed by atoms with Crippen LogP contribution in [0.1, 0.15) is 37.6 Å². The lowest BCUT2D eigenvalue weighted by Gasteiger charge is -2.22. The first-order chi connectivity index (χ1) is 13.3. The normalized spacial score (nSPS) is 11.5. The molecule has 0 amide bonds. The van der Waals surface area contributed by atoms with Crippen molar-refractivity contribution in [1.82, 2.24) is 19.9 Å². The van der Waals surface area contributed by atoms with Gasteiger partial charge >= 0.3 is 0 Å². The van der Waals surface area contributed by atoms with Crippen molar-refractivity contribution in [3.63, 3.8) is 0 Å². The van der Waals surface area contributed by atoms with Gasteiger partial charge in [0.05, 0.1) is 5.69 Å². The Kier molecular flexibility index (Phi) is 5.79. The highest BCUT2D eigenvalue weighted by molar-refractivity contribution is 6.31. The molecular formula is C21H25ClN6. The van der Waals surface area contributed by atoms with Gasteiger partial charge in [-0.25, -0.2) is 15.0 Å². The van der Waals surface area contributed by atoms with Crippen LogP contribution in [-0.2, 0) is 18.3 Å². The minimum Gasteiger partial charge on any atom is -0.368 e. The second-order valence-electron chi connectivity index (χ2n) is 7.72. The number of nitrogens with two attached hydrogens (primary N) is 1. The molecule has 0 aliphatic heterocycles. The molecule has 146 valence electrons. The highest BCUT2D eigenvalue weighted by Gasteiger charge is 2.19. The summed E-state index contributed by atoms with van der Waals surface area (Å²) in [6.07, 6.45) is 5.03. The highest BCUT2D eigenvalue weighted by Crippen LogP contribution is 2.27. The van der Waals surface area contributed by atoms with Crippen LogP contribution in [0.15, 0.2) is 42.7 Å². The Balaban J connectivity index is 1.91. The van der Waals surface area contributed by atoms with Crippen LogP contribution >= 0.6 is 11.6 Å². The van der Waals surface area contributed by atoms with Crippen LogP contribution < -0.4 is 10.6 Å². The number of anilines is 3. The molecule has 7 heteroatoms. The lowest BCUT2D eigenvalue weighted by atomic mass is 9.92. The fourth-order valence-electron chi connectivity index (χ4n) is 2.87. The molecule has 2 aromatic heterocycles. The summed E-state index contributed by atoms with van der Waals surface area (Å²) in [5, 5.41) is 0.759. The number of hydrogen-bond acceptors (Lipinski definition) is 6. The summed E-state index contributed by atoms with van der Waals surface area (Å²) in [5.74, 6) is 1.49. The number of halogens is 1. The van der Waals surface area contributed by atoms with Crippen LogP contribution in [0.4, 0.5) is 17.7 Å². The van der Waals surface area contributed by atoms with E-state index in [1.165, 1.54) is 0 Å². The average molecular weight is 397 g/mol. The average Bonchev–Trinajstić information content (AvgIpc) is 2.67. The number of benzene rings is 1. The van der Waals surface area contributed by atoms with Gasteiger partial charge in [0.2, 0.25) is 11.9 Å². The smallest absolute Gasteiger partial charge is 0.231 e. The van der Waals surface area contributed by atoms with Crippen molar-refractivity contribution in [2.75, 3.05) is 17.7 Å². The summed E-state index contributed by atoms with van der Waals surface area (Å²) < 4.78 is 0. The number of hydrogen-bond donors (Lipinski definition) is 1. The molecule has 0 bridgehead atoms. The molecule has 0 aliphatic carbocycles. The first kappa shape index (κ1) is 20.0. The van der Waals surface area contributed by atoms with Gasteiger partial charge in [-0.1, -0.05) is 50.6 Å². The minimum absolute atomic E-state index is 0.0733. The number of rotatable bonds is 5. The zero-order chi connectivity index (χ0) is 20.3. The Labute approximate surface area is 170 Å². The standard InChI is InChI=1S/C21H25ClN6/c1-21(2,3)17-11-12-24-20(26-17)28(4)18-15(13-25-19(23)27-18)10-9-14-7-5-6-8-16(14)22/h5-8,11-13H,9-10H2,1-4H3,(H2,23,25,27). The lowest BCUT2D eigenvalue weighted by Crippen LogP contribution is -2.21. The van der Waals surface area contributed by atoms with Gasteiger partial charge in [0.15, 0.2) is 0 Å². The third-order valence-corrected chi connectivity index (χ3v) is 4.88. The van der Waals surface area contributed by atoms with E-state index in [4.69, 9.17) is 22.3 Å². The lowest BCUT2D eigenvalue weighted by molar-refractivity contribution is 0.567. The van der Waals surface area contributed by atoms with Crippen LogP contribution in [0, 0.1) is 0 Å². The van der Waals surface area contributed by atoms with Crippen LogP contribution in [0.3, 0.4) is 0 Å². The fourth-order valence-corrected chi connectivity index (χ4v) is 3.10. The second-order valence-corrected chi connectivity index (χ2v) is 8.13.